The molecule has 0 radical (unpaired) electrons. The summed E-state index contributed by atoms with van der Waals surface area (Å²) in [6.07, 6.45) is -9.94. The summed E-state index contributed by atoms with van der Waals surface area (Å²) in [6, 6.07) is 3.04. The molecular weight excluding hydrogens is 474 g/mol. The van der Waals surface area contributed by atoms with Gasteiger partial charge in [0, 0.05) is 51.4 Å². The zero-order valence-corrected chi connectivity index (χ0v) is 18.4. The van der Waals surface area contributed by atoms with E-state index in [1.807, 2.05) is 0 Å². The van der Waals surface area contributed by atoms with Crippen LogP contribution in [0, 0.1) is 6.92 Å². The zero-order chi connectivity index (χ0) is 25.9. The van der Waals surface area contributed by atoms with E-state index in [2.05, 4.69) is 9.47 Å². The van der Waals surface area contributed by atoms with Crippen LogP contribution < -0.4 is 0 Å². The van der Waals surface area contributed by atoms with Crippen LogP contribution in [0.15, 0.2) is 30.4 Å². The number of imide groups is 1. The predicted molar refractivity (Wildman–Crippen MR) is 105 cm³/mol. The Bertz CT molecular complexity index is 941. The number of carbonyl (C=O) groups excluding carboxylic acids is 3. The van der Waals surface area contributed by atoms with Gasteiger partial charge in [0.05, 0.1) is 0 Å². The van der Waals surface area contributed by atoms with Gasteiger partial charge in [-0.25, -0.2) is 0 Å². The number of amides is 3. The fourth-order valence-electron chi connectivity index (χ4n) is 3.41. The molecule has 1 aliphatic rings. The summed E-state index contributed by atoms with van der Waals surface area (Å²) in [6.45, 7) is -0.746. The molecule has 188 valence electrons. The van der Waals surface area contributed by atoms with Crippen molar-refractivity contribution in [2.24, 2.45) is 0 Å². The van der Waals surface area contributed by atoms with Gasteiger partial charge in [-0.1, -0.05) is 18.2 Å². The summed E-state index contributed by atoms with van der Waals surface area (Å²) in [5, 5.41) is 0. The number of methoxy groups -OCH3 is 1. The lowest BCUT2D eigenvalue weighted by atomic mass is 9.87. The summed E-state index contributed by atoms with van der Waals surface area (Å²) in [4.78, 5) is 37.4. The molecule has 1 aromatic rings. The van der Waals surface area contributed by atoms with E-state index in [-0.39, 0.29) is 30.6 Å². The predicted octanol–water partition coefficient (Wildman–Crippen LogP) is 3.21. The minimum absolute atomic E-state index is 0.0228. The number of aryl methyl sites for hydroxylation is 1. The summed E-state index contributed by atoms with van der Waals surface area (Å²) >= 11 is 0. The van der Waals surface area contributed by atoms with Crippen molar-refractivity contribution in [3.05, 3.63) is 47.0 Å². The fraction of sp³-hybridized carbons (Fsp3) is 0.476. The van der Waals surface area contributed by atoms with Crippen molar-refractivity contribution < 1.29 is 50.2 Å². The van der Waals surface area contributed by atoms with Gasteiger partial charge >= 0.3 is 12.4 Å². The van der Waals surface area contributed by atoms with Gasteiger partial charge in [-0.3, -0.25) is 19.3 Å². The SMILES string of the molecule is COCOC(c1cc(CN(C)C(=O)CCN2C(=O)C=CC2=O)ccc1C)(C(F)(F)F)C(F)(F)F. The van der Waals surface area contributed by atoms with Gasteiger partial charge in [0.1, 0.15) is 6.79 Å². The third-order valence-electron chi connectivity index (χ3n) is 5.17. The molecule has 1 aliphatic heterocycles. The van der Waals surface area contributed by atoms with Crippen LogP contribution in [0.25, 0.3) is 0 Å². The molecule has 0 bridgehead atoms. The lowest BCUT2D eigenvalue weighted by Crippen LogP contribution is -2.56. The molecule has 7 nitrogen and oxygen atoms in total. The Balaban J connectivity index is 2.30. The van der Waals surface area contributed by atoms with E-state index in [4.69, 9.17) is 0 Å². The molecule has 0 aliphatic carbocycles. The molecule has 0 aromatic heterocycles. The van der Waals surface area contributed by atoms with Crippen molar-refractivity contribution in [2.75, 3.05) is 27.5 Å². The van der Waals surface area contributed by atoms with E-state index in [1.165, 1.54) is 13.1 Å². The molecule has 34 heavy (non-hydrogen) atoms. The van der Waals surface area contributed by atoms with Crippen molar-refractivity contribution in [2.45, 2.75) is 37.8 Å². The van der Waals surface area contributed by atoms with Crippen LogP contribution in [0.1, 0.15) is 23.1 Å². The molecule has 2 rings (SSSR count). The maximum absolute atomic E-state index is 13.9. The average Bonchev–Trinajstić information content (AvgIpc) is 3.04. The van der Waals surface area contributed by atoms with Crippen molar-refractivity contribution in [3.8, 4) is 0 Å². The fourth-order valence-corrected chi connectivity index (χ4v) is 3.41. The summed E-state index contributed by atoms with van der Waals surface area (Å²) in [5.41, 5.74) is -6.18. The highest BCUT2D eigenvalue weighted by molar-refractivity contribution is 6.13. The quantitative estimate of drug-likeness (QED) is 0.298. The number of nitrogens with zero attached hydrogens (tertiary/aromatic N) is 2. The molecule has 13 heteroatoms. The summed E-state index contributed by atoms with van der Waals surface area (Å²) < 4.78 is 91.8. The molecule has 1 heterocycles. The standard InChI is InChI=1S/C21H22F6N2O5/c1-13-4-5-14(11-28(2)16(30)8-9-29-17(31)6-7-18(29)32)10-15(13)19(20(22,23)24,21(25,26)27)34-12-33-3/h4-7,10H,8-9,11-12H2,1-3H3. The minimum atomic E-state index is -5.88. The van der Waals surface area contributed by atoms with Gasteiger partial charge in [-0.15, -0.1) is 0 Å². The number of ether oxygens (including phenoxy) is 2. The first kappa shape index (κ1) is 27.3. The maximum atomic E-state index is 13.9. The Labute approximate surface area is 190 Å². The van der Waals surface area contributed by atoms with E-state index in [9.17, 15) is 40.7 Å². The highest BCUT2D eigenvalue weighted by Gasteiger charge is 2.74. The molecule has 0 unspecified atom stereocenters. The molecule has 0 saturated carbocycles. The van der Waals surface area contributed by atoms with Crippen LogP contribution in [-0.4, -0.2) is 67.4 Å². The highest BCUT2D eigenvalue weighted by Crippen LogP contribution is 2.53. The van der Waals surface area contributed by atoms with E-state index in [0.717, 1.165) is 42.1 Å². The number of rotatable bonds is 9. The summed E-state index contributed by atoms with van der Waals surface area (Å²) in [7, 11) is 2.18. The van der Waals surface area contributed by atoms with Crippen LogP contribution in [0.4, 0.5) is 26.3 Å². The van der Waals surface area contributed by atoms with Crippen LogP contribution in [0.3, 0.4) is 0 Å². The van der Waals surface area contributed by atoms with Gasteiger partial charge in [-0.05, 0) is 18.1 Å². The maximum Gasteiger partial charge on any atom is 0.430 e. The second-order valence-electron chi connectivity index (χ2n) is 7.54. The van der Waals surface area contributed by atoms with E-state index >= 15 is 0 Å². The Kier molecular flexibility index (Phi) is 8.14. The Hall–Kier alpha value is -2.93. The molecule has 0 saturated heterocycles. The smallest absolute Gasteiger partial charge is 0.359 e. The molecule has 3 amide bonds. The first-order chi connectivity index (χ1) is 15.7. The summed E-state index contributed by atoms with van der Waals surface area (Å²) in [5.74, 6) is -1.76. The second kappa shape index (κ2) is 10.1. The third-order valence-corrected chi connectivity index (χ3v) is 5.17. The number of carbonyl (C=O) groups is 3. The lowest BCUT2D eigenvalue weighted by Gasteiger charge is -2.38. The van der Waals surface area contributed by atoms with E-state index in [1.54, 1.807) is 0 Å². The molecule has 0 spiro atoms. The van der Waals surface area contributed by atoms with Gasteiger partial charge in [-0.2, -0.15) is 26.3 Å². The third kappa shape index (κ3) is 5.41. The van der Waals surface area contributed by atoms with Crippen LogP contribution >= 0.6 is 0 Å². The van der Waals surface area contributed by atoms with Crippen LogP contribution in [0.2, 0.25) is 0 Å². The van der Waals surface area contributed by atoms with Crippen molar-refractivity contribution in [1.82, 2.24) is 9.80 Å². The molecular formula is C21H22F6N2O5. The van der Waals surface area contributed by atoms with Crippen molar-refractivity contribution in [1.29, 1.82) is 0 Å². The molecule has 0 atom stereocenters. The number of alkyl halides is 6. The Morgan fingerprint density at radius 3 is 2.09 bits per heavy atom. The topological polar surface area (TPSA) is 76.2 Å². The van der Waals surface area contributed by atoms with E-state index < -0.39 is 48.0 Å². The number of hydrogen-bond donors (Lipinski definition) is 0. The van der Waals surface area contributed by atoms with Crippen molar-refractivity contribution in [3.63, 3.8) is 0 Å². The zero-order valence-electron chi connectivity index (χ0n) is 18.4. The number of benzene rings is 1. The number of hydrogen-bond acceptors (Lipinski definition) is 5. The van der Waals surface area contributed by atoms with Gasteiger partial charge < -0.3 is 14.4 Å². The van der Waals surface area contributed by atoms with Crippen LogP contribution in [-0.2, 0) is 36.0 Å². The molecule has 0 fully saturated rings. The average molecular weight is 496 g/mol. The first-order valence-corrected chi connectivity index (χ1v) is 9.79. The van der Waals surface area contributed by atoms with Crippen LogP contribution in [0.5, 0.6) is 0 Å². The monoisotopic (exact) mass is 496 g/mol. The van der Waals surface area contributed by atoms with Gasteiger partial charge in [0.25, 0.3) is 17.4 Å². The lowest BCUT2D eigenvalue weighted by molar-refractivity contribution is -0.400. The van der Waals surface area contributed by atoms with Crippen molar-refractivity contribution >= 4 is 17.7 Å². The Morgan fingerprint density at radius 1 is 1.03 bits per heavy atom. The first-order valence-electron chi connectivity index (χ1n) is 9.79. The second-order valence-corrected chi connectivity index (χ2v) is 7.54. The number of halogens is 6. The van der Waals surface area contributed by atoms with Gasteiger partial charge in [0.2, 0.25) is 5.91 Å². The highest BCUT2D eigenvalue weighted by atomic mass is 19.4. The molecule has 0 N–H and O–H groups in total. The normalized spacial score (nSPS) is 14.8. The Morgan fingerprint density at radius 2 is 1.59 bits per heavy atom. The molecule has 1 aromatic carbocycles. The minimum Gasteiger partial charge on any atom is -0.359 e. The largest absolute Gasteiger partial charge is 0.430 e. The van der Waals surface area contributed by atoms with E-state index in [0.29, 0.717) is 6.07 Å². The van der Waals surface area contributed by atoms with Gasteiger partial charge in [0.15, 0.2) is 0 Å².